The summed E-state index contributed by atoms with van der Waals surface area (Å²) in [4.78, 5) is 30.1. The molecule has 168 valence electrons. The van der Waals surface area contributed by atoms with Crippen LogP contribution in [-0.4, -0.2) is 33.2 Å². The summed E-state index contributed by atoms with van der Waals surface area (Å²) in [5.41, 5.74) is -0.334. The lowest BCUT2D eigenvalue weighted by Crippen LogP contribution is -2.41. The Bertz CT molecular complexity index is 978. The summed E-state index contributed by atoms with van der Waals surface area (Å²) >= 11 is 0. The fraction of sp³-hybridized carbons (Fsp3) is 0.500. The third kappa shape index (κ3) is 5.52. The number of aromatic nitrogens is 2. The van der Waals surface area contributed by atoms with Gasteiger partial charge in [-0.2, -0.15) is 13.2 Å². The topological polar surface area (TPSA) is 84.2 Å². The molecule has 6 nitrogen and oxygen atoms in total. The molecular weight excluding hydrogens is 411 g/mol. The summed E-state index contributed by atoms with van der Waals surface area (Å²) in [6.07, 6.45) is 0.573. The van der Waals surface area contributed by atoms with Gasteiger partial charge in [-0.1, -0.05) is 31.4 Å². The highest BCUT2D eigenvalue weighted by Crippen LogP contribution is 2.30. The van der Waals surface area contributed by atoms with Crippen LogP contribution in [0.15, 0.2) is 29.1 Å². The molecule has 0 unspecified atom stereocenters. The van der Waals surface area contributed by atoms with Crippen LogP contribution in [0.4, 0.5) is 13.2 Å². The number of hydrogen-bond donors (Lipinski definition) is 2. The quantitative estimate of drug-likeness (QED) is 0.727. The number of rotatable bonds is 6. The molecule has 3 rings (SSSR count). The van der Waals surface area contributed by atoms with Gasteiger partial charge in [0.15, 0.2) is 0 Å². The van der Waals surface area contributed by atoms with Gasteiger partial charge in [0, 0.05) is 35.9 Å². The molecule has 1 aliphatic carbocycles. The number of hydrogen-bond acceptors (Lipinski definition) is 4. The van der Waals surface area contributed by atoms with Crippen LogP contribution in [0.25, 0.3) is 11.4 Å². The van der Waals surface area contributed by atoms with Crippen molar-refractivity contribution in [1.29, 1.82) is 0 Å². The summed E-state index contributed by atoms with van der Waals surface area (Å²) in [6.45, 7) is 1.05. The van der Waals surface area contributed by atoms with E-state index in [2.05, 4.69) is 10.3 Å². The molecule has 1 aromatic carbocycles. The first kappa shape index (κ1) is 23.0. The van der Waals surface area contributed by atoms with E-state index in [1.54, 1.807) is 6.92 Å². The number of carbonyl (C=O) groups is 1. The van der Waals surface area contributed by atoms with Crippen LogP contribution in [0.5, 0.6) is 0 Å². The van der Waals surface area contributed by atoms with Crippen LogP contribution in [0.2, 0.25) is 0 Å². The molecular formula is C22H26F3N3O3. The lowest BCUT2D eigenvalue weighted by Gasteiger charge is -2.23. The van der Waals surface area contributed by atoms with Crippen LogP contribution >= 0.6 is 0 Å². The molecule has 2 aromatic rings. The van der Waals surface area contributed by atoms with Crippen molar-refractivity contribution in [3.05, 3.63) is 51.4 Å². The van der Waals surface area contributed by atoms with Gasteiger partial charge in [-0.25, -0.2) is 4.98 Å². The van der Waals surface area contributed by atoms with Crippen molar-refractivity contribution in [3.8, 4) is 11.4 Å². The van der Waals surface area contributed by atoms with Crippen molar-refractivity contribution in [2.45, 2.75) is 64.2 Å². The molecule has 0 bridgehead atoms. The summed E-state index contributed by atoms with van der Waals surface area (Å²) in [5.74, 6) is -0.223. The van der Waals surface area contributed by atoms with Gasteiger partial charge in [0.05, 0.1) is 5.56 Å². The van der Waals surface area contributed by atoms with Crippen LogP contribution in [0.1, 0.15) is 48.9 Å². The first-order valence-electron chi connectivity index (χ1n) is 10.4. The van der Waals surface area contributed by atoms with E-state index in [-0.39, 0.29) is 42.9 Å². The SMILES string of the molecule is Cc1nc(-c2ccc(C(F)(F)F)cc2)n(CC(=O)NC2CCCCC2)c(=O)c1CCO. The van der Waals surface area contributed by atoms with Gasteiger partial charge in [0.25, 0.3) is 5.56 Å². The average Bonchev–Trinajstić information content (AvgIpc) is 2.73. The summed E-state index contributed by atoms with van der Waals surface area (Å²) in [7, 11) is 0. The average molecular weight is 437 g/mol. The number of aryl methyl sites for hydroxylation is 1. The number of carbonyl (C=O) groups excluding carboxylic acids is 1. The molecule has 9 heteroatoms. The molecule has 0 radical (unpaired) electrons. The van der Waals surface area contributed by atoms with Crippen molar-refractivity contribution < 1.29 is 23.1 Å². The van der Waals surface area contributed by atoms with Crippen molar-refractivity contribution in [2.75, 3.05) is 6.61 Å². The lowest BCUT2D eigenvalue weighted by molar-refractivity contribution is -0.137. The number of nitrogens with zero attached hydrogens (tertiary/aromatic N) is 2. The Morgan fingerprint density at radius 1 is 1.19 bits per heavy atom. The van der Waals surface area contributed by atoms with Crippen LogP contribution in [-0.2, 0) is 23.9 Å². The minimum atomic E-state index is -4.48. The molecule has 1 aliphatic rings. The summed E-state index contributed by atoms with van der Waals surface area (Å²) < 4.78 is 39.9. The van der Waals surface area contributed by atoms with Crippen LogP contribution in [0, 0.1) is 6.92 Å². The Morgan fingerprint density at radius 2 is 1.84 bits per heavy atom. The minimum Gasteiger partial charge on any atom is -0.396 e. The Labute approximate surface area is 178 Å². The third-order valence-corrected chi connectivity index (χ3v) is 5.57. The maximum absolute atomic E-state index is 13.1. The molecule has 2 N–H and O–H groups in total. The number of alkyl halides is 3. The molecule has 1 saturated carbocycles. The van der Waals surface area contributed by atoms with Gasteiger partial charge in [-0.3, -0.25) is 14.2 Å². The summed E-state index contributed by atoms with van der Waals surface area (Å²) in [6, 6.07) is 4.38. The van der Waals surface area contributed by atoms with Gasteiger partial charge in [-0.15, -0.1) is 0 Å². The second-order valence-electron chi connectivity index (χ2n) is 7.84. The smallest absolute Gasteiger partial charge is 0.396 e. The molecule has 0 saturated heterocycles. The van der Waals surface area contributed by atoms with Gasteiger partial charge in [0.1, 0.15) is 12.4 Å². The first-order chi connectivity index (χ1) is 14.7. The van der Waals surface area contributed by atoms with Crippen molar-refractivity contribution in [3.63, 3.8) is 0 Å². The highest BCUT2D eigenvalue weighted by molar-refractivity contribution is 5.77. The predicted octanol–water partition coefficient (Wildman–Crippen LogP) is 3.22. The molecule has 1 aromatic heterocycles. The number of nitrogens with one attached hydrogen (secondary N) is 1. The van der Waals surface area contributed by atoms with E-state index in [1.807, 2.05) is 0 Å². The van der Waals surface area contributed by atoms with Crippen molar-refractivity contribution in [2.24, 2.45) is 0 Å². The van der Waals surface area contributed by atoms with E-state index in [9.17, 15) is 27.9 Å². The second kappa shape index (κ2) is 9.64. The molecule has 31 heavy (non-hydrogen) atoms. The second-order valence-corrected chi connectivity index (χ2v) is 7.84. The lowest BCUT2D eigenvalue weighted by atomic mass is 9.95. The fourth-order valence-corrected chi connectivity index (χ4v) is 3.94. The Hall–Kier alpha value is -2.68. The third-order valence-electron chi connectivity index (χ3n) is 5.57. The zero-order valence-corrected chi connectivity index (χ0v) is 17.3. The van der Waals surface area contributed by atoms with Gasteiger partial charge < -0.3 is 10.4 Å². The van der Waals surface area contributed by atoms with E-state index >= 15 is 0 Å². The number of aliphatic hydroxyl groups excluding tert-OH is 1. The molecule has 1 fully saturated rings. The predicted molar refractivity (Wildman–Crippen MR) is 109 cm³/mol. The molecule has 0 aliphatic heterocycles. The minimum absolute atomic E-state index is 0.0572. The van der Waals surface area contributed by atoms with E-state index in [0.717, 1.165) is 44.2 Å². The number of aliphatic hydroxyl groups is 1. The first-order valence-corrected chi connectivity index (χ1v) is 10.4. The van der Waals surface area contributed by atoms with Gasteiger partial charge in [0.2, 0.25) is 5.91 Å². The number of benzene rings is 1. The van der Waals surface area contributed by atoms with Crippen molar-refractivity contribution >= 4 is 5.91 Å². The molecule has 0 spiro atoms. The van der Waals surface area contributed by atoms with E-state index in [0.29, 0.717) is 11.3 Å². The maximum atomic E-state index is 13.1. The molecule has 1 heterocycles. The highest BCUT2D eigenvalue weighted by Gasteiger charge is 2.30. The van der Waals surface area contributed by atoms with Gasteiger partial charge >= 0.3 is 6.18 Å². The maximum Gasteiger partial charge on any atom is 0.416 e. The standard InChI is InChI=1S/C22H26F3N3O3/c1-14-18(11-12-29)21(31)28(13-19(30)27-17-5-3-2-4-6-17)20(26-14)15-7-9-16(10-8-15)22(23,24)25/h7-10,17,29H,2-6,11-13H2,1H3,(H,27,30). The van der Waals surface area contributed by atoms with Gasteiger partial charge in [-0.05, 0) is 31.9 Å². The zero-order chi connectivity index (χ0) is 22.6. The summed E-state index contributed by atoms with van der Waals surface area (Å²) in [5, 5.41) is 12.2. The van der Waals surface area contributed by atoms with Crippen LogP contribution in [0.3, 0.4) is 0 Å². The normalized spacial score (nSPS) is 15.1. The zero-order valence-electron chi connectivity index (χ0n) is 17.3. The van der Waals surface area contributed by atoms with Crippen LogP contribution < -0.4 is 10.9 Å². The fourth-order valence-electron chi connectivity index (χ4n) is 3.94. The molecule has 0 atom stereocenters. The van der Waals surface area contributed by atoms with E-state index < -0.39 is 17.3 Å². The monoisotopic (exact) mass is 437 g/mol. The number of halogens is 3. The Balaban J connectivity index is 1.97. The largest absolute Gasteiger partial charge is 0.416 e. The number of amides is 1. The van der Waals surface area contributed by atoms with Crippen molar-refractivity contribution in [1.82, 2.24) is 14.9 Å². The highest BCUT2D eigenvalue weighted by atomic mass is 19.4. The van der Waals surface area contributed by atoms with E-state index in [4.69, 9.17) is 0 Å². The Morgan fingerprint density at radius 3 is 2.42 bits per heavy atom. The van der Waals surface area contributed by atoms with E-state index in [1.165, 1.54) is 16.7 Å². The molecule has 1 amide bonds. The Kier molecular flexibility index (Phi) is 7.15.